The lowest BCUT2D eigenvalue weighted by Gasteiger charge is -2.18. The number of allylic oxidation sites excluding steroid dienone is 4. The van der Waals surface area contributed by atoms with E-state index in [2.05, 4.69) is 25.1 Å². The molecule has 0 spiro atoms. The maximum atomic E-state index is 14.4. The number of hydrogen-bond donors (Lipinski definition) is 1. The van der Waals surface area contributed by atoms with Crippen LogP contribution in [0.2, 0.25) is 0 Å². The summed E-state index contributed by atoms with van der Waals surface area (Å²) in [4.78, 5) is 12.7. The monoisotopic (exact) mass is 367 g/mol. The summed E-state index contributed by atoms with van der Waals surface area (Å²) in [5, 5.41) is 7.83. The predicted octanol–water partition coefficient (Wildman–Crippen LogP) is 3.41. The van der Waals surface area contributed by atoms with Crippen LogP contribution < -0.4 is 5.73 Å². The topological polar surface area (TPSA) is 95.4 Å². The van der Waals surface area contributed by atoms with Gasteiger partial charge in [0.1, 0.15) is 12.2 Å². The first kappa shape index (κ1) is 17.0. The molecule has 3 aromatic heterocycles. The van der Waals surface area contributed by atoms with Crippen LogP contribution in [0.3, 0.4) is 0 Å². The summed E-state index contributed by atoms with van der Waals surface area (Å²) in [6.45, 7) is 1.80. The van der Waals surface area contributed by atoms with E-state index >= 15 is 0 Å². The Morgan fingerprint density at radius 1 is 1.26 bits per heavy atom. The van der Waals surface area contributed by atoms with Crippen LogP contribution in [0, 0.1) is 5.92 Å². The highest BCUT2D eigenvalue weighted by Gasteiger charge is 2.25. The van der Waals surface area contributed by atoms with E-state index in [1.54, 1.807) is 31.5 Å². The molecule has 4 rings (SSSR count). The number of pyridine rings is 1. The van der Waals surface area contributed by atoms with Gasteiger partial charge in [0.25, 0.3) is 0 Å². The number of halogens is 2. The van der Waals surface area contributed by atoms with Crippen molar-refractivity contribution in [2.75, 3.05) is 5.73 Å². The van der Waals surface area contributed by atoms with Crippen molar-refractivity contribution in [2.24, 2.45) is 5.92 Å². The smallest absolute Gasteiger partial charge is 0.190 e. The van der Waals surface area contributed by atoms with E-state index in [9.17, 15) is 8.78 Å². The first-order valence-electron chi connectivity index (χ1n) is 8.24. The maximum Gasteiger partial charge on any atom is 0.190 e. The largest absolute Gasteiger partial charge is 0.382 e. The highest BCUT2D eigenvalue weighted by atomic mass is 19.2. The summed E-state index contributed by atoms with van der Waals surface area (Å²) in [5.74, 6) is -1.63. The molecule has 27 heavy (non-hydrogen) atoms. The third-order valence-corrected chi connectivity index (χ3v) is 4.18. The average Bonchev–Trinajstić information content (AvgIpc) is 3.15. The van der Waals surface area contributed by atoms with Gasteiger partial charge in [-0.1, -0.05) is 13.0 Å². The molecule has 0 aliphatic heterocycles. The summed E-state index contributed by atoms with van der Waals surface area (Å²) in [6.07, 6.45) is 7.73. The Bertz CT molecular complexity index is 1060. The zero-order valence-corrected chi connectivity index (χ0v) is 14.3. The Morgan fingerprint density at radius 2 is 2.11 bits per heavy atom. The molecule has 0 bridgehead atoms. The van der Waals surface area contributed by atoms with Crippen molar-refractivity contribution in [1.82, 2.24) is 29.7 Å². The summed E-state index contributed by atoms with van der Waals surface area (Å²) in [6, 6.07) is 3.59. The van der Waals surface area contributed by atoms with E-state index in [0.717, 1.165) is 5.56 Å². The van der Waals surface area contributed by atoms with Crippen LogP contribution in [0.4, 0.5) is 14.6 Å². The standard InChI is InChI=1S/C18H15F2N7/c1-10-5-12(19)15(20)14(6-10)27-9-24-26-18(27)16-17(21)23-8-13(25-16)11-3-2-4-22-7-11/h2-4,6-10H,5H2,1H3,(H2,21,23). The Balaban J connectivity index is 1.84. The van der Waals surface area contributed by atoms with Crippen LogP contribution in [0.15, 0.2) is 54.8 Å². The molecule has 7 nitrogen and oxygen atoms in total. The third-order valence-electron chi connectivity index (χ3n) is 4.18. The molecule has 3 heterocycles. The van der Waals surface area contributed by atoms with Gasteiger partial charge in [-0.05, 0) is 18.1 Å². The van der Waals surface area contributed by atoms with E-state index in [1.165, 1.54) is 17.1 Å². The number of nitrogens with two attached hydrogens (primary N) is 1. The zero-order valence-electron chi connectivity index (χ0n) is 14.3. The lowest BCUT2D eigenvalue weighted by molar-refractivity contribution is 0.480. The molecule has 1 aliphatic rings. The predicted molar refractivity (Wildman–Crippen MR) is 96.0 cm³/mol. The van der Waals surface area contributed by atoms with Crippen LogP contribution in [0.25, 0.3) is 28.5 Å². The second kappa shape index (κ2) is 6.67. The molecule has 9 heteroatoms. The number of hydrogen-bond acceptors (Lipinski definition) is 6. The Labute approximate surface area is 153 Å². The van der Waals surface area contributed by atoms with E-state index in [0.29, 0.717) is 5.69 Å². The molecule has 1 unspecified atom stereocenters. The molecule has 0 saturated carbocycles. The van der Waals surface area contributed by atoms with Crippen molar-refractivity contribution < 1.29 is 8.78 Å². The van der Waals surface area contributed by atoms with Gasteiger partial charge in [0.2, 0.25) is 0 Å². The fourth-order valence-electron chi connectivity index (χ4n) is 2.89. The molecule has 1 aliphatic carbocycles. The van der Waals surface area contributed by atoms with Crippen molar-refractivity contribution in [3.63, 3.8) is 0 Å². The van der Waals surface area contributed by atoms with Crippen molar-refractivity contribution in [3.8, 4) is 22.8 Å². The van der Waals surface area contributed by atoms with Crippen LogP contribution in [0.1, 0.15) is 13.3 Å². The van der Waals surface area contributed by atoms with Gasteiger partial charge in [0, 0.05) is 24.4 Å². The second-order valence-electron chi connectivity index (χ2n) is 6.21. The summed E-state index contributed by atoms with van der Waals surface area (Å²) >= 11 is 0. The van der Waals surface area contributed by atoms with Gasteiger partial charge in [-0.3, -0.25) is 9.55 Å². The number of nitrogens with zero attached hydrogens (tertiary/aromatic N) is 6. The molecule has 0 aromatic carbocycles. The molecule has 2 N–H and O–H groups in total. The van der Waals surface area contributed by atoms with Gasteiger partial charge < -0.3 is 5.73 Å². The zero-order chi connectivity index (χ0) is 19.0. The molecule has 136 valence electrons. The van der Waals surface area contributed by atoms with Crippen molar-refractivity contribution in [2.45, 2.75) is 13.3 Å². The molecule has 3 aromatic rings. The van der Waals surface area contributed by atoms with Gasteiger partial charge in [-0.15, -0.1) is 10.2 Å². The highest BCUT2D eigenvalue weighted by molar-refractivity contribution is 5.74. The fraction of sp³-hybridized carbons (Fsp3) is 0.167. The molecule has 0 saturated heterocycles. The van der Waals surface area contributed by atoms with Crippen LogP contribution >= 0.6 is 0 Å². The van der Waals surface area contributed by atoms with Gasteiger partial charge in [0.05, 0.1) is 17.6 Å². The summed E-state index contributed by atoms with van der Waals surface area (Å²) < 4.78 is 29.7. The second-order valence-corrected chi connectivity index (χ2v) is 6.21. The average molecular weight is 367 g/mol. The van der Waals surface area contributed by atoms with E-state index < -0.39 is 11.7 Å². The Hall–Kier alpha value is -3.49. The first-order valence-corrected chi connectivity index (χ1v) is 8.24. The van der Waals surface area contributed by atoms with E-state index in [-0.39, 0.29) is 35.4 Å². The third kappa shape index (κ3) is 3.07. The molecular weight excluding hydrogens is 352 g/mol. The quantitative estimate of drug-likeness (QED) is 0.762. The van der Waals surface area contributed by atoms with E-state index in [4.69, 9.17) is 5.73 Å². The number of anilines is 1. The van der Waals surface area contributed by atoms with Gasteiger partial charge >= 0.3 is 0 Å². The SMILES string of the molecule is CC1C=C(n2cnnc2-c2nc(-c3cccnc3)cnc2N)C(F)=C(F)C1. The molecule has 0 radical (unpaired) electrons. The minimum absolute atomic E-state index is 0.0191. The lowest BCUT2D eigenvalue weighted by atomic mass is 9.99. The number of rotatable bonds is 3. The van der Waals surface area contributed by atoms with E-state index in [1.807, 2.05) is 6.07 Å². The molecule has 0 amide bonds. The highest BCUT2D eigenvalue weighted by Crippen LogP contribution is 2.35. The molecular formula is C18H15F2N7. The number of aromatic nitrogens is 6. The van der Waals surface area contributed by atoms with Crippen molar-refractivity contribution in [3.05, 3.63) is 54.8 Å². The first-order chi connectivity index (χ1) is 13.0. The van der Waals surface area contributed by atoms with Gasteiger partial charge in [-0.2, -0.15) is 0 Å². The van der Waals surface area contributed by atoms with Crippen LogP contribution in [0.5, 0.6) is 0 Å². The fourth-order valence-corrected chi connectivity index (χ4v) is 2.89. The van der Waals surface area contributed by atoms with Crippen molar-refractivity contribution >= 4 is 11.5 Å². The Morgan fingerprint density at radius 3 is 2.89 bits per heavy atom. The number of nitrogen functional groups attached to an aromatic ring is 1. The molecule has 0 fully saturated rings. The van der Waals surface area contributed by atoms with Crippen molar-refractivity contribution in [1.29, 1.82) is 0 Å². The minimum Gasteiger partial charge on any atom is -0.382 e. The van der Waals surface area contributed by atoms with Crippen LogP contribution in [-0.4, -0.2) is 29.7 Å². The minimum atomic E-state index is -0.941. The van der Waals surface area contributed by atoms with Gasteiger partial charge in [-0.25, -0.2) is 18.7 Å². The maximum absolute atomic E-state index is 14.4. The molecule has 1 atom stereocenters. The Kier molecular flexibility index (Phi) is 4.19. The lowest BCUT2D eigenvalue weighted by Crippen LogP contribution is -2.10. The van der Waals surface area contributed by atoms with Crippen LogP contribution in [-0.2, 0) is 0 Å². The normalized spacial score (nSPS) is 17.1. The van der Waals surface area contributed by atoms with Gasteiger partial charge in [0.15, 0.2) is 23.2 Å². The summed E-state index contributed by atoms with van der Waals surface area (Å²) in [7, 11) is 0. The summed E-state index contributed by atoms with van der Waals surface area (Å²) in [5.41, 5.74) is 7.49.